The zero-order valence-electron chi connectivity index (χ0n) is 30.8. The third-order valence-corrected chi connectivity index (χ3v) is 10.8. The van der Waals surface area contributed by atoms with E-state index in [0.717, 1.165) is 28.3 Å². The van der Waals surface area contributed by atoms with Crippen molar-refractivity contribution >= 4 is 38.9 Å². The van der Waals surface area contributed by atoms with E-state index >= 15 is 0 Å². The second kappa shape index (κ2) is 14.4. The Morgan fingerprint density at radius 2 is 0.768 bits per heavy atom. The first-order valence-electron chi connectivity index (χ1n) is 19.2. The molecule has 0 N–H and O–H groups in total. The van der Waals surface area contributed by atoms with Gasteiger partial charge in [-0.2, -0.15) is 0 Å². The molecule has 0 radical (unpaired) electrons. The van der Waals surface area contributed by atoms with Gasteiger partial charge >= 0.3 is 0 Å². The summed E-state index contributed by atoms with van der Waals surface area (Å²) in [6, 6.07) is 83.1. The van der Waals surface area contributed by atoms with E-state index in [2.05, 4.69) is 240 Å². The lowest BCUT2D eigenvalue weighted by atomic mass is 9.86. The van der Waals surface area contributed by atoms with Crippen molar-refractivity contribution in [2.24, 2.45) is 0 Å². The van der Waals surface area contributed by atoms with Gasteiger partial charge in [0.15, 0.2) is 0 Å². The van der Waals surface area contributed by atoms with E-state index in [1.54, 1.807) is 0 Å². The molecule has 0 unspecified atom stereocenters. The summed E-state index contributed by atoms with van der Waals surface area (Å²) in [6.45, 7) is 0. The van der Waals surface area contributed by atoms with Gasteiger partial charge in [0, 0.05) is 33.4 Å². The minimum atomic E-state index is 1.08. The maximum absolute atomic E-state index is 2.39. The first-order chi connectivity index (χ1) is 27.8. The highest BCUT2D eigenvalue weighted by Crippen LogP contribution is 2.46. The molecule has 0 spiro atoms. The van der Waals surface area contributed by atoms with Crippen molar-refractivity contribution in [3.05, 3.63) is 231 Å². The van der Waals surface area contributed by atoms with Crippen LogP contribution in [0.1, 0.15) is 0 Å². The first-order valence-corrected chi connectivity index (χ1v) is 19.2. The average Bonchev–Trinajstić information content (AvgIpc) is 3.62. The number of hydrogen-bond donors (Lipinski definition) is 0. The van der Waals surface area contributed by atoms with Gasteiger partial charge in [0.1, 0.15) is 0 Å². The second-order valence-electron chi connectivity index (χ2n) is 14.1. The number of para-hydroxylation sites is 4. The smallest absolute Gasteiger partial charge is 0.0541 e. The van der Waals surface area contributed by atoms with Crippen molar-refractivity contribution in [2.75, 3.05) is 4.90 Å². The Morgan fingerprint density at radius 1 is 0.286 bits per heavy atom. The van der Waals surface area contributed by atoms with Crippen LogP contribution in [0.3, 0.4) is 0 Å². The Kier molecular flexibility index (Phi) is 8.55. The summed E-state index contributed by atoms with van der Waals surface area (Å²) in [5.41, 5.74) is 16.3. The van der Waals surface area contributed by atoms with Crippen LogP contribution >= 0.6 is 0 Å². The van der Waals surface area contributed by atoms with Crippen LogP contribution < -0.4 is 4.90 Å². The van der Waals surface area contributed by atoms with Gasteiger partial charge in [0.25, 0.3) is 0 Å². The topological polar surface area (TPSA) is 8.17 Å². The van der Waals surface area contributed by atoms with E-state index in [4.69, 9.17) is 0 Å². The summed E-state index contributed by atoms with van der Waals surface area (Å²) in [5.74, 6) is 0. The van der Waals surface area contributed by atoms with Crippen LogP contribution in [0.25, 0.3) is 72.0 Å². The van der Waals surface area contributed by atoms with Crippen molar-refractivity contribution in [3.8, 4) is 50.2 Å². The fraction of sp³-hybridized carbons (Fsp3) is 0. The zero-order chi connectivity index (χ0) is 37.3. The van der Waals surface area contributed by atoms with Gasteiger partial charge in [0.05, 0.1) is 16.7 Å². The molecule has 9 aromatic carbocycles. The molecule has 0 fully saturated rings. The predicted molar refractivity (Wildman–Crippen MR) is 237 cm³/mol. The highest BCUT2D eigenvalue weighted by molar-refractivity contribution is 6.09. The Morgan fingerprint density at radius 3 is 1.43 bits per heavy atom. The summed E-state index contributed by atoms with van der Waals surface area (Å²) >= 11 is 0. The van der Waals surface area contributed by atoms with Crippen molar-refractivity contribution in [1.29, 1.82) is 0 Å². The molecule has 0 aliphatic carbocycles. The zero-order valence-corrected chi connectivity index (χ0v) is 30.8. The minimum Gasteiger partial charge on any atom is -0.310 e. The van der Waals surface area contributed by atoms with E-state index in [-0.39, 0.29) is 0 Å². The number of benzene rings is 9. The molecule has 1 aromatic heterocycles. The number of fused-ring (bicyclic) bond motifs is 3. The highest BCUT2D eigenvalue weighted by Gasteiger charge is 2.21. The molecular weight excluding hydrogens is 677 g/mol. The Bertz CT molecular complexity index is 2890. The summed E-state index contributed by atoms with van der Waals surface area (Å²) in [6.07, 6.45) is 0. The van der Waals surface area contributed by atoms with Gasteiger partial charge < -0.3 is 9.47 Å². The number of nitrogens with zero attached hydrogens (tertiary/aromatic N) is 2. The lowest BCUT2D eigenvalue weighted by Crippen LogP contribution is -2.11. The molecule has 0 aliphatic heterocycles. The molecule has 264 valence electrons. The van der Waals surface area contributed by atoms with E-state index in [1.807, 2.05) is 0 Å². The molecule has 2 heteroatoms. The number of aromatic nitrogens is 1. The van der Waals surface area contributed by atoms with Gasteiger partial charge in [-0.3, -0.25) is 0 Å². The molecule has 10 aromatic rings. The standard InChI is InChI=1S/C54H38N2/c1-4-18-39(19-5-1)41-32-37-47(51(38-41)46-25-11-10-24-45(46)40-20-6-2-7-21-40)48-26-12-15-29-52(48)55(42-22-8-3-9-23-42)43-33-35-44(36-34-43)56-53-30-16-13-27-49(53)50-28-14-17-31-54(50)56/h1-38H. The van der Waals surface area contributed by atoms with Gasteiger partial charge in [-0.1, -0.05) is 170 Å². The largest absolute Gasteiger partial charge is 0.310 e. The number of anilines is 3. The molecule has 10 rings (SSSR count). The van der Waals surface area contributed by atoms with Gasteiger partial charge in [-0.15, -0.1) is 0 Å². The molecule has 2 nitrogen and oxygen atoms in total. The molecule has 1 heterocycles. The monoisotopic (exact) mass is 714 g/mol. The Labute approximate surface area is 327 Å². The maximum atomic E-state index is 2.39. The van der Waals surface area contributed by atoms with Crippen LogP contribution in [0.2, 0.25) is 0 Å². The van der Waals surface area contributed by atoms with Crippen molar-refractivity contribution in [1.82, 2.24) is 4.57 Å². The maximum Gasteiger partial charge on any atom is 0.0541 e. The van der Waals surface area contributed by atoms with Crippen LogP contribution in [0.5, 0.6) is 0 Å². The summed E-state index contributed by atoms with van der Waals surface area (Å²) in [5, 5.41) is 2.52. The normalized spacial score (nSPS) is 11.2. The van der Waals surface area contributed by atoms with Crippen molar-refractivity contribution < 1.29 is 0 Å². The Balaban J connectivity index is 1.16. The fourth-order valence-electron chi connectivity index (χ4n) is 8.25. The average molecular weight is 715 g/mol. The molecule has 0 amide bonds. The summed E-state index contributed by atoms with van der Waals surface area (Å²) in [4.78, 5) is 2.39. The summed E-state index contributed by atoms with van der Waals surface area (Å²) in [7, 11) is 0. The SMILES string of the molecule is c1ccc(-c2ccc(-c3ccccc3N(c3ccccc3)c3ccc(-n4c5ccccc5c5ccccc54)cc3)c(-c3ccccc3-c3ccccc3)c2)cc1. The third kappa shape index (κ3) is 5.95. The second-order valence-corrected chi connectivity index (χ2v) is 14.1. The molecule has 56 heavy (non-hydrogen) atoms. The molecule has 0 saturated heterocycles. The molecule has 0 aliphatic rings. The van der Waals surface area contributed by atoms with Crippen LogP contribution in [-0.2, 0) is 0 Å². The highest BCUT2D eigenvalue weighted by atomic mass is 15.1. The van der Waals surface area contributed by atoms with Crippen LogP contribution in [0.4, 0.5) is 17.1 Å². The number of rotatable bonds is 8. The van der Waals surface area contributed by atoms with Crippen molar-refractivity contribution in [3.63, 3.8) is 0 Å². The molecule has 0 saturated carbocycles. The van der Waals surface area contributed by atoms with Gasteiger partial charge in [0.2, 0.25) is 0 Å². The van der Waals surface area contributed by atoms with Crippen LogP contribution in [0, 0.1) is 0 Å². The summed E-state index contributed by atoms with van der Waals surface area (Å²) < 4.78 is 2.37. The molecular formula is C54H38N2. The minimum absolute atomic E-state index is 1.08. The lowest BCUT2D eigenvalue weighted by molar-refractivity contribution is 1.17. The van der Waals surface area contributed by atoms with Crippen LogP contribution in [-0.4, -0.2) is 4.57 Å². The van der Waals surface area contributed by atoms with Gasteiger partial charge in [-0.05, 0) is 99.6 Å². The quantitative estimate of drug-likeness (QED) is 0.152. The predicted octanol–water partition coefficient (Wildman–Crippen LogP) is 14.9. The molecule has 0 bridgehead atoms. The third-order valence-electron chi connectivity index (χ3n) is 10.8. The first kappa shape index (κ1) is 33.2. The van der Waals surface area contributed by atoms with Crippen LogP contribution in [0.15, 0.2) is 231 Å². The fourth-order valence-corrected chi connectivity index (χ4v) is 8.25. The molecule has 0 atom stereocenters. The van der Waals surface area contributed by atoms with Crippen molar-refractivity contribution in [2.45, 2.75) is 0 Å². The van der Waals surface area contributed by atoms with E-state index in [0.29, 0.717) is 0 Å². The van der Waals surface area contributed by atoms with E-state index in [1.165, 1.54) is 60.8 Å². The number of hydrogen-bond acceptors (Lipinski definition) is 1. The lowest BCUT2D eigenvalue weighted by Gasteiger charge is -2.29. The van der Waals surface area contributed by atoms with E-state index < -0.39 is 0 Å². The Hall–Kier alpha value is -7.42. The van der Waals surface area contributed by atoms with Gasteiger partial charge in [-0.25, -0.2) is 0 Å². The van der Waals surface area contributed by atoms with E-state index in [9.17, 15) is 0 Å².